The van der Waals surface area contributed by atoms with Crippen molar-refractivity contribution in [1.82, 2.24) is 14.2 Å². The van der Waals surface area contributed by atoms with Crippen LogP contribution in [-0.4, -0.2) is 54.5 Å². The predicted octanol–water partition coefficient (Wildman–Crippen LogP) is -2.89. The number of hydrogen-bond donors (Lipinski definition) is 5. The summed E-state index contributed by atoms with van der Waals surface area (Å²) in [5.74, 6) is 5.49. The first kappa shape index (κ1) is 13.8. The maximum Gasteiger partial charge on any atom is 0.298 e. The molecule has 0 aliphatic carbocycles. The number of fused-ring (bicyclic) bond motifs is 1. The number of nitrogen functional groups attached to an aromatic ring is 2. The van der Waals surface area contributed by atoms with Crippen molar-refractivity contribution in [2.75, 3.05) is 18.2 Å². The summed E-state index contributed by atoms with van der Waals surface area (Å²) in [7, 11) is 0. The van der Waals surface area contributed by atoms with E-state index in [9.17, 15) is 15.0 Å². The lowest BCUT2D eigenvalue weighted by atomic mass is 10.1. The number of ether oxygens (including phenoxy) is 1. The number of aliphatic hydroxyl groups excluding tert-OH is 3. The van der Waals surface area contributed by atoms with Crippen LogP contribution in [-0.2, 0) is 4.74 Å². The minimum absolute atomic E-state index is 0.0148. The highest BCUT2D eigenvalue weighted by Crippen LogP contribution is 2.31. The van der Waals surface area contributed by atoms with Gasteiger partial charge in [-0.1, -0.05) is 0 Å². The van der Waals surface area contributed by atoms with Crippen LogP contribution in [0, 0.1) is 0 Å². The maximum atomic E-state index is 11.9. The van der Waals surface area contributed by atoms with Crippen molar-refractivity contribution in [3.63, 3.8) is 0 Å². The van der Waals surface area contributed by atoms with E-state index in [2.05, 4.69) is 4.98 Å². The third kappa shape index (κ3) is 1.88. The molecule has 4 atom stereocenters. The number of rotatable bonds is 2. The van der Waals surface area contributed by atoms with E-state index in [0.29, 0.717) is 5.52 Å². The summed E-state index contributed by atoms with van der Waals surface area (Å²) in [6.07, 6.45) is -3.15. The third-order valence-corrected chi connectivity index (χ3v) is 3.61. The average Bonchev–Trinajstić information content (AvgIpc) is 2.99. The lowest BCUT2D eigenvalue weighted by Crippen LogP contribution is -2.33. The van der Waals surface area contributed by atoms with Crippen LogP contribution in [0.1, 0.15) is 6.23 Å². The van der Waals surface area contributed by atoms with Gasteiger partial charge in [0.1, 0.15) is 24.1 Å². The quantitative estimate of drug-likeness (QED) is 0.369. The van der Waals surface area contributed by atoms with Gasteiger partial charge in [0.05, 0.1) is 18.5 Å². The normalized spacial score (nSPS) is 29.3. The van der Waals surface area contributed by atoms with E-state index >= 15 is 0 Å². The molecule has 1 aliphatic rings. The van der Waals surface area contributed by atoms with Gasteiger partial charge in [-0.15, -0.1) is 0 Å². The zero-order chi connectivity index (χ0) is 15.3. The van der Waals surface area contributed by atoms with Gasteiger partial charge in [0.15, 0.2) is 11.7 Å². The molecule has 0 amide bonds. The monoisotopic (exact) mass is 297 g/mol. The van der Waals surface area contributed by atoms with Crippen LogP contribution in [0.3, 0.4) is 0 Å². The third-order valence-electron chi connectivity index (χ3n) is 3.61. The molecule has 114 valence electrons. The molecule has 3 heterocycles. The molecule has 0 saturated carbocycles. The smallest absolute Gasteiger partial charge is 0.298 e. The van der Waals surface area contributed by atoms with Crippen molar-refractivity contribution in [3.05, 3.63) is 22.7 Å². The van der Waals surface area contributed by atoms with Crippen LogP contribution in [0.15, 0.2) is 17.2 Å². The molecule has 3 rings (SSSR count). The largest absolute Gasteiger partial charge is 0.394 e. The highest BCUT2D eigenvalue weighted by molar-refractivity contribution is 5.77. The number of pyridine rings is 1. The van der Waals surface area contributed by atoms with E-state index in [1.165, 1.54) is 17.0 Å². The van der Waals surface area contributed by atoms with Gasteiger partial charge in [-0.25, -0.2) is 9.66 Å². The van der Waals surface area contributed by atoms with Crippen LogP contribution in [0.25, 0.3) is 11.0 Å². The Balaban J connectivity index is 2.12. The summed E-state index contributed by atoms with van der Waals surface area (Å²) in [6.45, 7) is -0.445. The van der Waals surface area contributed by atoms with Crippen molar-refractivity contribution in [3.8, 4) is 0 Å². The zero-order valence-electron chi connectivity index (χ0n) is 10.8. The number of anilines is 1. The molecule has 0 spiro atoms. The topological polar surface area (TPSA) is 162 Å². The van der Waals surface area contributed by atoms with Crippen LogP contribution in [0.2, 0.25) is 0 Å². The van der Waals surface area contributed by atoms with Gasteiger partial charge in [0, 0.05) is 6.07 Å². The number of aliphatic hydroxyl groups is 3. The molecular formula is C11H15N5O5. The second-order valence-corrected chi connectivity index (χ2v) is 4.86. The first-order valence-electron chi connectivity index (χ1n) is 6.21. The Bertz CT molecular complexity index is 740. The van der Waals surface area contributed by atoms with E-state index < -0.39 is 36.7 Å². The minimum atomic E-state index is -1.28. The predicted molar refractivity (Wildman–Crippen MR) is 71.6 cm³/mol. The van der Waals surface area contributed by atoms with Gasteiger partial charge < -0.3 is 36.2 Å². The van der Waals surface area contributed by atoms with Crippen molar-refractivity contribution in [1.29, 1.82) is 0 Å². The molecule has 10 heteroatoms. The minimum Gasteiger partial charge on any atom is -0.394 e. The van der Waals surface area contributed by atoms with Crippen LogP contribution >= 0.6 is 0 Å². The molecule has 1 saturated heterocycles. The summed E-state index contributed by atoms with van der Waals surface area (Å²) in [6, 6.07) is 1.42. The van der Waals surface area contributed by atoms with Crippen LogP contribution < -0.4 is 17.1 Å². The van der Waals surface area contributed by atoms with Crippen molar-refractivity contribution in [2.24, 2.45) is 0 Å². The molecule has 0 bridgehead atoms. The average molecular weight is 297 g/mol. The molecule has 21 heavy (non-hydrogen) atoms. The Kier molecular flexibility index (Phi) is 3.10. The summed E-state index contributed by atoms with van der Waals surface area (Å²) < 4.78 is 7.52. The number of nitrogens with zero attached hydrogens (tertiary/aromatic N) is 3. The van der Waals surface area contributed by atoms with E-state index in [1.807, 2.05) is 0 Å². The fraction of sp³-hybridized carbons (Fsp3) is 0.455. The van der Waals surface area contributed by atoms with E-state index in [1.54, 1.807) is 0 Å². The molecule has 0 unspecified atom stereocenters. The second kappa shape index (κ2) is 4.70. The summed E-state index contributed by atoms with van der Waals surface area (Å²) >= 11 is 0. The summed E-state index contributed by atoms with van der Waals surface area (Å²) in [5.41, 5.74) is 5.42. The van der Waals surface area contributed by atoms with Crippen molar-refractivity contribution < 1.29 is 20.1 Å². The maximum absolute atomic E-state index is 11.9. The fourth-order valence-corrected chi connectivity index (χ4v) is 2.43. The molecule has 1 fully saturated rings. The number of imidazole rings is 1. The zero-order valence-corrected chi connectivity index (χ0v) is 10.8. The van der Waals surface area contributed by atoms with Crippen molar-refractivity contribution in [2.45, 2.75) is 24.5 Å². The number of aromatic nitrogens is 3. The molecule has 7 N–H and O–H groups in total. The van der Waals surface area contributed by atoms with Crippen LogP contribution in [0.5, 0.6) is 0 Å². The first-order valence-corrected chi connectivity index (χ1v) is 6.21. The Morgan fingerprint density at radius 1 is 1.38 bits per heavy atom. The summed E-state index contributed by atoms with van der Waals surface area (Å²) in [4.78, 5) is 15.9. The van der Waals surface area contributed by atoms with E-state index in [0.717, 1.165) is 4.68 Å². The fourth-order valence-electron chi connectivity index (χ4n) is 2.43. The molecular weight excluding hydrogens is 282 g/mol. The molecule has 1 aliphatic heterocycles. The van der Waals surface area contributed by atoms with Gasteiger partial charge in [0.25, 0.3) is 5.56 Å². The molecule has 0 aromatic carbocycles. The Labute approximate surface area is 117 Å². The lowest BCUT2D eigenvalue weighted by molar-refractivity contribution is -0.0508. The standard InChI is InChI=1S/C11H15N5O5/c12-6-1-4-7(10(20)16(6)13)14-3-15(4)11-9(19)8(18)5(2-17)21-11/h1,3,5,8-9,11,17-19H,2,12-13H2/t5-,8+,9-,11-/m0/s1. The SMILES string of the molecule is Nc1cc2c(ncn2[C@H]2O[C@@H](CO)[C@@H](O)[C@@H]2O)c(=O)n1N. The van der Waals surface area contributed by atoms with Crippen LogP contribution in [0.4, 0.5) is 5.82 Å². The molecule has 2 aromatic heterocycles. The van der Waals surface area contributed by atoms with Gasteiger partial charge >= 0.3 is 0 Å². The Hall–Kier alpha value is -2.14. The highest BCUT2D eigenvalue weighted by Gasteiger charge is 2.43. The highest BCUT2D eigenvalue weighted by atomic mass is 16.6. The number of hydrogen-bond acceptors (Lipinski definition) is 8. The van der Waals surface area contributed by atoms with Gasteiger partial charge in [-0.3, -0.25) is 4.79 Å². The first-order chi connectivity index (χ1) is 9.95. The second-order valence-electron chi connectivity index (χ2n) is 4.86. The molecule has 2 aromatic rings. The van der Waals surface area contributed by atoms with Gasteiger partial charge in [0.2, 0.25) is 0 Å². The van der Waals surface area contributed by atoms with E-state index in [4.69, 9.17) is 21.4 Å². The lowest BCUT2D eigenvalue weighted by Gasteiger charge is -2.17. The Morgan fingerprint density at radius 2 is 2.10 bits per heavy atom. The molecule has 10 nitrogen and oxygen atoms in total. The Morgan fingerprint density at radius 3 is 2.71 bits per heavy atom. The van der Waals surface area contributed by atoms with Crippen molar-refractivity contribution >= 4 is 16.9 Å². The molecule has 0 radical (unpaired) electrons. The van der Waals surface area contributed by atoms with Gasteiger partial charge in [-0.2, -0.15) is 0 Å². The number of nitrogens with two attached hydrogens (primary N) is 2. The summed E-state index contributed by atoms with van der Waals surface area (Å²) in [5, 5.41) is 28.9. The van der Waals surface area contributed by atoms with E-state index in [-0.39, 0.29) is 11.3 Å². The van der Waals surface area contributed by atoms with Gasteiger partial charge in [-0.05, 0) is 0 Å².